The molecule has 1 aliphatic heterocycles. The molecule has 5 heteroatoms. The average Bonchev–Trinajstić information content (AvgIpc) is 2.77. The van der Waals surface area contributed by atoms with E-state index >= 15 is 0 Å². The lowest BCUT2D eigenvalue weighted by Crippen LogP contribution is -2.15. The first-order valence-electron chi connectivity index (χ1n) is 6.27. The van der Waals surface area contributed by atoms with Crippen LogP contribution in [0.2, 0.25) is 0 Å². The third kappa shape index (κ3) is 4.05. The molecule has 0 unspecified atom stereocenters. The van der Waals surface area contributed by atoms with Gasteiger partial charge in [0.25, 0.3) is 0 Å². The second kappa shape index (κ2) is 7.03. The molecular formula is C13H20O5. The Hall–Kier alpha value is -1.52. The van der Waals surface area contributed by atoms with Crippen molar-refractivity contribution in [3.8, 4) is 0 Å². The van der Waals surface area contributed by atoms with Gasteiger partial charge in [-0.15, -0.1) is 0 Å². The van der Waals surface area contributed by atoms with Crippen molar-refractivity contribution in [3.63, 3.8) is 0 Å². The van der Waals surface area contributed by atoms with E-state index in [0.29, 0.717) is 31.0 Å². The lowest BCUT2D eigenvalue weighted by atomic mass is 10.1. The zero-order chi connectivity index (χ0) is 13.5. The molecule has 0 aromatic heterocycles. The van der Waals surface area contributed by atoms with Crippen molar-refractivity contribution in [3.05, 3.63) is 11.3 Å². The lowest BCUT2D eigenvalue weighted by molar-refractivity contribution is -0.145. The number of rotatable bonds is 5. The topological polar surface area (TPSA) is 61.8 Å². The predicted molar refractivity (Wildman–Crippen MR) is 64.7 cm³/mol. The van der Waals surface area contributed by atoms with Crippen LogP contribution in [0, 0.1) is 0 Å². The van der Waals surface area contributed by atoms with Gasteiger partial charge < -0.3 is 14.2 Å². The minimum Gasteiger partial charge on any atom is -0.494 e. The summed E-state index contributed by atoms with van der Waals surface area (Å²) in [4.78, 5) is 22.8. The summed E-state index contributed by atoms with van der Waals surface area (Å²) in [5.74, 6) is 0.00423. The molecule has 0 aliphatic carbocycles. The van der Waals surface area contributed by atoms with Gasteiger partial charge in [-0.25, -0.2) is 4.79 Å². The molecule has 0 aromatic carbocycles. The van der Waals surface area contributed by atoms with Crippen LogP contribution in [0.4, 0.5) is 0 Å². The zero-order valence-electron chi connectivity index (χ0n) is 11.2. The molecular weight excluding hydrogens is 236 g/mol. The highest BCUT2D eigenvalue weighted by molar-refractivity contribution is 5.88. The van der Waals surface area contributed by atoms with Crippen LogP contribution >= 0.6 is 0 Å². The molecule has 1 atom stereocenters. The van der Waals surface area contributed by atoms with Crippen LogP contribution in [0.5, 0.6) is 0 Å². The van der Waals surface area contributed by atoms with Crippen molar-refractivity contribution in [2.24, 2.45) is 0 Å². The van der Waals surface area contributed by atoms with E-state index in [2.05, 4.69) is 0 Å². The van der Waals surface area contributed by atoms with E-state index in [-0.39, 0.29) is 24.5 Å². The Morgan fingerprint density at radius 2 is 1.94 bits per heavy atom. The predicted octanol–water partition coefficient (Wildman–Crippen LogP) is 1.96. The number of hydrogen-bond donors (Lipinski definition) is 0. The van der Waals surface area contributed by atoms with E-state index < -0.39 is 0 Å². The van der Waals surface area contributed by atoms with Crippen molar-refractivity contribution in [2.75, 3.05) is 13.2 Å². The fourth-order valence-electron chi connectivity index (χ4n) is 1.79. The maximum atomic E-state index is 11.5. The van der Waals surface area contributed by atoms with Crippen LogP contribution in [-0.2, 0) is 23.8 Å². The fraction of sp³-hybridized carbons (Fsp3) is 0.692. The largest absolute Gasteiger partial charge is 0.494 e. The van der Waals surface area contributed by atoms with E-state index in [9.17, 15) is 9.59 Å². The molecule has 1 fully saturated rings. The van der Waals surface area contributed by atoms with Crippen molar-refractivity contribution in [1.29, 1.82) is 0 Å². The number of carbonyl (C=O) groups is 2. The van der Waals surface area contributed by atoms with Gasteiger partial charge in [0.15, 0.2) is 0 Å². The number of carbonyl (C=O) groups excluding carboxylic acids is 2. The molecule has 0 saturated carbocycles. The first-order valence-corrected chi connectivity index (χ1v) is 6.27. The van der Waals surface area contributed by atoms with Crippen LogP contribution in [0.1, 0.15) is 40.0 Å². The molecule has 1 heterocycles. The fourth-order valence-corrected chi connectivity index (χ4v) is 1.79. The Balaban J connectivity index is 2.52. The van der Waals surface area contributed by atoms with Crippen LogP contribution in [0.15, 0.2) is 11.3 Å². The van der Waals surface area contributed by atoms with E-state index in [1.165, 1.54) is 0 Å². The maximum Gasteiger partial charge on any atom is 0.337 e. The lowest BCUT2D eigenvalue weighted by Gasteiger charge is -2.11. The molecule has 0 bridgehead atoms. The third-order valence-corrected chi connectivity index (χ3v) is 2.70. The molecule has 0 aromatic rings. The second-order valence-corrected chi connectivity index (χ2v) is 4.06. The summed E-state index contributed by atoms with van der Waals surface area (Å²) in [7, 11) is 0. The molecule has 0 amide bonds. The normalized spacial score (nSPS) is 21.2. The summed E-state index contributed by atoms with van der Waals surface area (Å²) in [5, 5.41) is 0. The van der Waals surface area contributed by atoms with Gasteiger partial charge in [0, 0.05) is 6.42 Å². The molecule has 1 aliphatic rings. The van der Waals surface area contributed by atoms with Crippen LogP contribution < -0.4 is 0 Å². The molecule has 0 radical (unpaired) electrons. The highest BCUT2D eigenvalue weighted by Gasteiger charge is 2.27. The summed E-state index contributed by atoms with van der Waals surface area (Å²) in [5.41, 5.74) is 0.489. The van der Waals surface area contributed by atoms with Gasteiger partial charge >= 0.3 is 11.9 Å². The number of hydrogen-bond acceptors (Lipinski definition) is 5. The number of allylic oxidation sites excluding steroid dienone is 1. The summed E-state index contributed by atoms with van der Waals surface area (Å²) < 4.78 is 15.3. The Morgan fingerprint density at radius 1 is 1.28 bits per heavy atom. The van der Waals surface area contributed by atoms with E-state index in [1.54, 1.807) is 20.8 Å². The summed E-state index contributed by atoms with van der Waals surface area (Å²) in [6.45, 7) is 5.92. The van der Waals surface area contributed by atoms with Crippen molar-refractivity contribution >= 4 is 11.9 Å². The van der Waals surface area contributed by atoms with Gasteiger partial charge in [-0.1, -0.05) is 0 Å². The van der Waals surface area contributed by atoms with Gasteiger partial charge in [0.1, 0.15) is 11.9 Å². The Labute approximate surface area is 107 Å². The first kappa shape index (κ1) is 14.5. The van der Waals surface area contributed by atoms with E-state index in [1.807, 2.05) is 0 Å². The highest BCUT2D eigenvalue weighted by Crippen LogP contribution is 2.28. The standard InChI is InChI=1S/C13H20O5/c1-4-16-12(14)8-10-6-7-11(18-10)9(3)13(15)17-5-2/h10H,4-8H2,1-3H3/b11-9+/t10-/m1/s1. The molecule has 0 N–H and O–H groups in total. The van der Waals surface area contributed by atoms with Gasteiger partial charge in [-0.3, -0.25) is 4.79 Å². The van der Waals surface area contributed by atoms with Crippen molar-refractivity contribution in [2.45, 2.75) is 46.1 Å². The van der Waals surface area contributed by atoms with Crippen molar-refractivity contribution in [1.82, 2.24) is 0 Å². The van der Waals surface area contributed by atoms with Crippen LogP contribution in [-0.4, -0.2) is 31.3 Å². The van der Waals surface area contributed by atoms with E-state index in [4.69, 9.17) is 14.2 Å². The molecule has 18 heavy (non-hydrogen) atoms. The summed E-state index contributed by atoms with van der Waals surface area (Å²) >= 11 is 0. The van der Waals surface area contributed by atoms with Gasteiger partial charge in [0.05, 0.1) is 25.2 Å². The molecule has 0 spiro atoms. The van der Waals surface area contributed by atoms with Gasteiger partial charge in [-0.05, 0) is 27.2 Å². The third-order valence-electron chi connectivity index (χ3n) is 2.70. The molecule has 5 nitrogen and oxygen atoms in total. The highest BCUT2D eigenvalue weighted by atomic mass is 16.5. The number of esters is 2. The SMILES string of the molecule is CCOC(=O)C[C@H]1CC/C(=C(/C)C(=O)OCC)O1. The summed E-state index contributed by atoms with van der Waals surface area (Å²) in [6, 6.07) is 0. The van der Waals surface area contributed by atoms with Gasteiger partial charge in [0.2, 0.25) is 0 Å². The van der Waals surface area contributed by atoms with Gasteiger partial charge in [-0.2, -0.15) is 0 Å². The van der Waals surface area contributed by atoms with E-state index in [0.717, 1.165) is 6.42 Å². The Morgan fingerprint density at radius 3 is 2.56 bits per heavy atom. The smallest absolute Gasteiger partial charge is 0.337 e. The Kier molecular flexibility index (Phi) is 5.68. The van der Waals surface area contributed by atoms with Crippen LogP contribution in [0.25, 0.3) is 0 Å². The molecule has 102 valence electrons. The first-order chi connectivity index (χ1) is 8.58. The number of ether oxygens (including phenoxy) is 3. The molecule has 1 saturated heterocycles. The van der Waals surface area contributed by atoms with Crippen molar-refractivity contribution < 1.29 is 23.8 Å². The quantitative estimate of drug-likeness (QED) is 0.556. The zero-order valence-corrected chi connectivity index (χ0v) is 11.2. The average molecular weight is 256 g/mol. The summed E-state index contributed by atoms with van der Waals surface area (Å²) in [6.07, 6.45) is 1.43. The maximum absolute atomic E-state index is 11.5. The Bertz CT molecular complexity index is 345. The second-order valence-electron chi connectivity index (χ2n) is 4.06. The molecule has 1 rings (SSSR count). The monoisotopic (exact) mass is 256 g/mol. The minimum atomic E-state index is -0.357. The van der Waals surface area contributed by atoms with Crippen LogP contribution in [0.3, 0.4) is 0 Å². The minimum absolute atomic E-state index is 0.191.